The molecular weight excluding hydrogens is 512 g/mol. The van der Waals surface area contributed by atoms with E-state index < -0.39 is 16.6 Å². The third-order valence-electron chi connectivity index (χ3n) is 5.80. The van der Waals surface area contributed by atoms with E-state index in [1.54, 1.807) is 24.4 Å². The molecule has 0 bridgehead atoms. The number of nitro benzene ring substituents is 1. The number of carbonyl (C=O) groups excluding carboxylic acids is 2. The highest BCUT2D eigenvalue weighted by Gasteiger charge is 2.22. The maximum absolute atomic E-state index is 13.3. The number of carbonyl (C=O) groups is 2. The van der Waals surface area contributed by atoms with E-state index in [2.05, 4.69) is 15.3 Å². The lowest BCUT2D eigenvalue weighted by Gasteiger charge is -2.13. The standard InChI is InChI=1S/C27H17ClN4O4S/c1-15-17(26-31-22-10-5-13-29-27(22)37-26)8-4-9-21(15)30-25(34)19-7-3-2-6-18(19)24(33)16-11-12-20(28)23(14-16)32(35)36/h2-14H,1H3,(H,30,34). The Bertz CT molecular complexity index is 1680. The maximum atomic E-state index is 13.3. The molecular formula is C27H17ClN4O4S. The van der Waals surface area contributed by atoms with Crippen LogP contribution < -0.4 is 5.32 Å². The van der Waals surface area contributed by atoms with Crippen LogP contribution in [0.3, 0.4) is 0 Å². The van der Waals surface area contributed by atoms with Gasteiger partial charge in [-0.2, -0.15) is 0 Å². The number of nitrogens with one attached hydrogen (secondary N) is 1. The second kappa shape index (κ2) is 9.88. The Balaban J connectivity index is 1.46. The number of nitro groups is 1. The Morgan fingerprint density at radius 2 is 1.78 bits per heavy atom. The highest BCUT2D eigenvalue weighted by atomic mass is 35.5. The van der Waals surface area contributed by atoms with Gasteiger partial charge in [-0.3, -0.25) is 19.7 Å². The van der Waals surface area contributed by atoms with Crippen LogP contribution >= 0.6 is 22.9 Å². The van der Waals surface area contributed by atoms with Crippen LogP contribution in [0.1, 0.15) is 31.8 Å². The number of hydrogen-bond donors (Lipinski definition) is 1. The SMILES string of the molecule is Cc1c(NC(=O)c2ccccc2C(=O)c2ccc(Cl)c([N+](=O)[O-])c2)cccc1-c1nc2cccnc2s1. The minimum absolute atomic E-state index is 0.0546. The summed E-state index contributed by atoms with van der Waals surface area (Å²) in [4.78, 5) is 47.0. The average molecular weight is 529 g/mol. The summed E-state index contributed by atoms with van der Waals surface area (Å²) < 4.78 is 0. The molecule has 0 radical (unpaired) electrons. The van der Waals surface area contributed by atoms with Crippen LogP contribution in [-0.2, 0) is 0 Å². The van der Waals surface area contributed by atoms with Crippen molar-refractivity contribution >= 4 is 56.4 Å². The van der Waals surface area contributed by atoms with Gasteiger partial charge < -0.3 is 5.32 Å². The number of anilines is 1. The van der Waals surface area contributed by atoms with E-state index in [4.69, 9.17) is 11.6 Å². The van der Waals surface area contributed by atoms with Crippen LogP contribution in [0, 0.1) is 17.0 Å². The number of halogens is 1. The van der Waals surface area contributed by atoms with Crippen LogP contribution in [-0.4, -0.2) is 26.6 Å². The first kappa shape index (κ1) is 24.2. The molecule has 10 heteroatoms. The fourth-order valence-corrected chi connectivity index (χ4v) is 5.08. The first-order valence-corrected chi connectivity index (χ1v) is 12.2. The molecule has 0 aliphatic rings. The summed E-state index contributed by atoms with van der Waals surface area (Å²) in [6.45, 7) is 1.88. The van der Waals surface area contributed by atoms with Gasteiger partial charge in [-0.1, -0.05) is 53.3 Å². The molecule has 37 heavy (non-hydrogen) atoms. The molecule has 182 valence electrons. The Morgan fingerprint density at radius 1 is 1.00 bits per heavy atom. The van der Waals surface area contributed by atoms with Crippen molar-refractivity contribution in [1.82, 2.24) is 9.97 Å². The zero-order valence-corrected chi connectivity index (χ0v) is 20.8. The summed E-state index contributed by atoms with van der Waals surface area (Å²) >= 11 is 7.34. The summed E-state index contributed by atoms with van der Waals surface area (Å²) in [5, 5.41) is 14.9. The molecule has 5 aromatic rings. The van der Waals surface area contributed by atoms with E-state index in [1.807, 2.05) is 31.2 Å². The normalized spacial score (nSPS) is 10.9. The largest absolute Gasteiger partial charge is 0.322 e. The van der Waals surface area contributed by atoms with Crippen LogP contribution in [0.5, 0.6) is 0 Å². The number of pyridine rings is 1. The molecule has 2 heterocycles. The number of aromatic nitrogens is 2. The van der Waals surface area contributed by atoms with Gasteiger partial charge in [0.15, 0.2) is 5.78 Å². The van der Waals surface area contributed by atoms with E-state index in [9.17, 15) is 19.7 Å². The number of hydrogen-bond acceptors (Lipinski definition) is 7. The zero-order chi connectivity index (χ0) is 26.1. The molecule has 0 saturated heterocycles. The highest BCUT2D eigenvalue weighted by molar-refractivity contribution is 7.21. The van der Waals surface area contributed by atoms with Gasteiger partial charge in [0.25, 0.3) is 11.6 Å². The van der Waals surface area contributed by atoms with Crippen LogP contribution in [0.4, 0.5) is 11.4 Å². The summed E-state index contributed by atoms with van der Waals surface area (Å²) in [5.41, 5.74) is 2.96. The Kier molecular flexibility index (Phi) is 6.47. The minimum atomic E-state index is -0.658. The maximum Gasteiger partial charge on any atom is 0.288 e. The average Bonchev–Trinajstić information content (AvgIpc) is 3.33. The van der Waals surface area contributed by atoms with E-state index in [1.165, 1.54) is 35.6 Å². The van der Waals surface area contributed by atoms with Crippen molar-refractivity contribution in [1.29, 1.82) is 0 Å². The zero-order valence-electron chi connectivity index (χ0n) is 19.3. The van der Waals surface area contributed by atoms with Gasteiger partial charge in [0, 0.05) is 34.6 Å². The van der Waals surface area contributed by atoms with Crippen molar-refractivity contribution in [2.24, 2.45) is 0 Å². The monoisotopic (exact) mass is 528 g/mol. The van der Waals surface area contributed by atoms with Crippen molar-refractivity contribution in [2.75, 3.05) is 5.32 Å². The number of benzene rings is 3. The molecule has 0 aliphatic heterocycles. The van der Waals surface area contributed by atoms with Crippen LogP contribution in [0.2, 0.25) is 5.02 Å². The molecule has 8 nitrogen and oxygen atoms in total. The first-order valence-electron chi connectivity index (χ1n) is 11.0. The molecule has 1 amide bonds. The smallest absolute Gasteiger partial charge is 0.288 e. The summed E-state index contributed by atoms with van der Waals surface area (Å²) in [6.07, 6.45) is 1.72. The molecule has 0 saturated carbocycles. The topological polar surface area (TPSA) is 115 Å². The van der Waals surface area contributed by atoms with Crippen molar-refractivity contribution in [3.05, 3.63) is 116 Å². The molecule has 0 atom stereocenters. The highest BCUT2D eigenvalue weighted by Crippen LogP contribution is 2.34. The summed E-state index contributed by atoms with van der Waals surface area (Å²) in [6, 6.07) is 19.4. The lowest BCUT2D eigenvalue weighted by atomic mass is 9.97. The van der Waals surface area contributed by atoms with Gasteiger partial charge in [0.2, 0.25) is 0 Å². The quantitative estimate of drug-likeness (QED) is 0.149. The molecule has 0 aliphatic carbocycles. The molecule has 5 rings (SSSR count). The number of thiazole rings is 1. The summed E-state index contributed by atoms with van der Waals surface area (Å²) in [7, 11) is 0. The van der Waals surface area contributed by atoms with Crippen molar-refractivity contribution in [3.8, 4) is 10.6 Å². The van der Waals surface area contributed by atoms with Gasteiger partial charge in [-0.25, -0.2) is 9.97 Å². The third kappa shape index (κ3) is 4.69. The number of rotatable bonds is 6. The minimum Gasteiger partial charge on any atom is -0.322 e. The molecule has 3 aromatic carbocycles. The predicted molar refractivity (Wildman–Crippen MR) is 144 cm³/mol. The Hall–Kier alpha value is -4.47. The second-order valence-corrected chi connectivity index (χ2v) is 9.46. The predicted octanol–water partition coefficient (Wildman–Crippen LogP) is 6.71. The first-order chi connectivity index (χ1) is 17.8. The number of amides is 1. The fourth-order valence-electron chi connectivity index (χ4n) is 3.91. The lowest BCUT2D eigenvalue weighted by molar-refractivity contribution is -0.384. The second-order valence-electron chi connectivity index (χ2n) is 8.08. The van der Waals surface area contributed by atoms with E-state index in [0.29, 0.717) is 5.69 Å². The lowest BCUT2D eigenvalue weighted by Crippen LogP contribution is -2.17. The van der Waals surface area contributed by atoms with Crippen molar-refractivity contribution < 1.29 is 14.5 Å². The summed E-state index contributed by atoms with van der Waals surface area (Å²) in [5.74, 6) is -1.02. The third-order valence-corrected chi connectivity index (χ3v) is 7.13. The molecule has 1 N–H and O–H groups in total. The number of fused-ring (bicyclic) bond motifs is 1. The van der Waals surface area contributed by atoms with Gasteiger partial charge in [0.05, 0.1) is 10.5 Å². The van der Waals surface area contributed by atoms with Crippen LogP contribution in [0.25, 0.3) is 20.9 Å². The van der Waals surface area contributed by atoms with Gasteiger partial charge >= 0.3 is 0 Å². The Labute approximate surface area is 219 Å². The molecule has 0 spiro atoms. The van der Waals surface area contributed by atoms with E-state index >= 15 is 0 Å². The Morgan fingerprint density at radius 3 is 2.54 bits per heavy atom. The van der Waals surface area contributed by atoms with Gasteiger partial charge in [0.1, 0.15) is 20.4 Å². The van der Waals surface area contributed by atoms with Gasteiger partial charge in [-0.05, 0) is 48.9 Å². The van der Waals surface area contributed by atoms with E-state index in [-0.39, 0.29) is 27.4 Å². The van der Waals surface area contributed by atoms with Crippen molar-refractivity contribution in [2.45, 2.75) is 6.92 Å². The van der Waals surface area contributed by atoms with Crippen molar-refractivity contribution in [3.63, 3.8) is 0 Å². The fraction of sp³-hybridized carbons (Fsp3) is 0.0370. The molecule has 0 unspecified atom stereocenters. The number of nitrogens with zero attached hydrogens (tertiary/aromatic N) is 3. The van der Waals surface area contributed by atoms with Gasteiger partial charge in [-0.15, -0.1) is 0 Å². The van der Waals surface area contributed by atoms with Crippen LogP contribution in [0.15, 0.2) is 79.0 Å². The molecule has 2 aromatic heterocycles. The van der Waals surface area contributed by atoms with E-state index in [0.717, 1.165) is 32.5 Å². The number of ketones is 1. The molecule has 0 fully saturated rings.